The highest BCUT2D eigenvalue weighted by Crippen LogP contribution is 2.21. The number of nitrogens with zero attached hydrogens (tertiary/aromatic N) is 2. The molecule has 0 aliphatic heterocycles. The van der Waals surface area contributed by atoms with E-state index in [0.717, 1.165) is 6.26 Å². The van der Waals surface area contributed by atoms with Gasteiger partial charge in [-0.1, -0.05) is 5.92 Å². The Labute approximate surface area is 105 Å². The fourth-order valence-corrected chi connectivity index (χ4v) is 2.23. The normalized spacial score (nSPS) is 10.7. The van der Waals surface area contributed by atoms with E-state index in [1.165, 1.54) is 23.2 Å². The topological polar surface area (TPSA) is 87.6 Å². The zero-order chi connectivity index (χ0) is 13.8. The van der Waals surface area contributed by atoms with Crippen molar-refractivity contribution < 1.29 is 18.3 Å². The van der Waals surface area contributed by atoms with Gasteiger partial charge in [0.2, 0.25) is 0 Å². The van der Waals surface area contributed by atoms with E-state index in [2.05, 4.69) is 10.9 Å². The van der Waals surface area contributed by atoms with E-state index in [4.69, 9.17) is 11.5 Å². The maximum Gasteiger partial charge on any atom is 0.323 e. The predicted molar refractivity (Wildman–Crippen MR) is 66.0 cm³/mol. The van der Waals surface area contributed by atoms with Crippen LogP contribution < -0.4 is 4.90 Å². The van der Waals surface area contributed by atoms with Gasteiger partial charge < -0.3 is 10.0 Å². The van der Waals surface area contributed by atoms with Crippen molar-refractivity contribution in [3.8, 4) is 12.3 Å². The maximum atomic E-state index is 11.6. The van der Waals surface area contributed by atoms with Crippen molar-refractivity contribution in [3.05, 3.63) is 18.3 Å². The van der Waals surface area contributed by atoms with Crippen LogP contribution in [0.2, 0.25) is 0 Å². The second-order valence-corrected chi connectivity index (χ2v) is 5.54. The molecule has 1 aromatic heterocycles. The minimum Gasteiger partial charge on any atom is -0.480 e. The number of carbonyl (C=O) groups is 1. The summed E-state index contributed by atoms with van der Waals surface area (Å²) in [5.74, 6) is 1.22. The molecule has 6 nitrogen and oxygen atoms in total. The van der Waals surface area contributed by atoms with E-state index < -0.39 is 22.4 Å². The third-order valence-electron chi connectivity index (χ3n) is 2.06. The Balaban J connectivity index is 3.29. The van der Waals surface area contributed by atoms with Gasteiger partial charge in [-0.3, -0.25) is 4.79 Å². The molecule has 0 saturated carbocycles. The van der Waals surface area contributed by atoms with Gasteiger partial charge in [0.15, 0.2) is 9.84 Å². The predicted octanol–water partition coefficient (Wildman–Crippen LogP) is 0.00930. The van der Waals surface area contributed by atoms with Crippen molar-refractivity contribution >= 4 is 21.6 Å². The van der Waals surface area contributed by atoms with E-state index in [-0.39, 0.29) is 17.3 Å². The number of terminal acetylenes is 1. The molecular weight excluding hydrogens is 256 g/mol. The molecule has 0 amide bonds. The van der Waals surface area contributed by atoms with Gasteiger partial charge in [-0.15, -0.1) is 6.42 Å². The van der Waals surface area contributed by atoms with Crippen LogP contribution in [-0.2, 0) is 14.6 Å². The van der Waals surface area contributed by atoms with Crippen LogP contribution in [0.3, 0.4) is 0 Å². The van der Waals surface area contributed by atoms with E-state index in [9.17, 15) is 13.2 Å². The van der Waals surface area contributed by atoms with Crippen LogP contribution in [-0.4, -0.2) is 43.8 Å². The van der Waals surface area contributed by atoms with E-state index >= 15 is 0 Å². The molecule has 0 atom stereocenters. The number of pyridine rings is 1. The summed E-state index contributed by atoms with van der Waals surface area (Å²) in [6.07, 6.45) is 7.55. The highest BCUT2D eigenvalue weighted by molar-refractivity contribution is 7.90. The molecule has 0 bridgehead atoms. The van der Waals surface area contributed by atoms with Gasteiger partial charge in [-0.25, -0.2) is 13.4 Å². The average Bonchev–Trinajstić information content (AvgIpc) is 2.27. The van der Waals surface area contributed by atoms with Gasteiger partial charge >= 0.3 is 5.97 Å². The largest absolute Gasteiger partial charge is 0.480 e. The molecule has 96 valence electrons. The molecule has 0 spiro atoms. The zero-order valence-corrected chi connectivity index (χ0v) is 10.5. The minimum atomic E-state index is -3.50. The molecular formula is C11H12N2O4S. The average molecular weight is 268 g/mol. The Kier molecular flexibility index (Phi) is 4.28. The van der Waals surface area contributed by atoms with Crippen LogP contribution >= 0.6 is 0 Å². The number of carboxylic acid groups (broad SMARTS) is 1. The molecule has 0 aliphatic rings. The number of carboxylic acids is 1. The lowest BCUT2D eigenvalue weighted by atomic mass is 10.4. The summed E-state index contributed by atoms with van der Waals surface area (Å²) >= 11 is 0. The van der Waals surface area contributed by atoms with Gasteiger partial charge in [-0.2, -0.15) is 0 Å². The molecule has 0 saturated heterocycles. The SMILES string of the molecule is C#CCN(CC(=O)O)c1ncccc1S(C)(=O)=O. The third-order valence-corrected chi connectivity index (χ3v) is 3.18. The van der Waals surface area contributed by atoms with Gasteiger partial charge in [-0.05, 0) is 12.1 Å². The van der Waals surface area contributed by atoms with Gasteiger partial charge in [0, 0.05) is 12.5 Å². The van der Waals surface area contributed by atoms with Crippen molar-refractivity contribution in [2.75, 3.05) is 24.2 Å². The summed E-state index contributed by atoms with van der Waals surface area (Å²) in [5.41, 5.74) is 0. The first kappa shape index (κ1) is 14.0. The molecule has 1 N–H and O–H groups in total. The summed E-state index contributed by atoms with van der Waals surface area (Å²) in [5, 5.41) is 8.78. The fourth-order valence-electron chi connectivity index (χ4n) is 1.39. The summed E-state index contributed by atoms with van der Waals surface area (Å²) in [4.78, 5) is 15.8. The molecule has 1 aromatic rings. The summed E-state index contributed by atoms with van der Waals surface area (Å²) in [6, 6.07) is 2.83. The quantitative estimate of drug-likeness (QED) is 0.757. The Hall–Kier alpha value is -2.07. The second kappa shape index (κ2) is 5.51. The highest BCUT2D eigenvalue weighted by atomic mass is 32.2. The lowest BCUT2D eigenvalue weighted by Crippen LogP contribution is -2.32. The monoisotopic (exact) mass is 268 g/mol. The minimum absolute atomic E-state index is 0.0359. The molecule has 0 fully saturated rings. The molecule has 1 rings (SSSR count). The number of aromatic nitrogens is 1. The van der Waals surface area contributed by atoms with Crippen LogP contribution in [0.1, 0.15) is 0 Å². The van der Waals surface area contributed by atoms with Crippen LogP contribution in [0, 0.1) is 12.3 Å². The van der Waals surface area contributed by atoms with E-state index in [0.29, 0.717) is 0 Å². The molecule has 0 unspecified atom stereocenters. The number of hydrogen-bond acceptors (Lipinski definition) is 5. The Morgan fingerprint density at radius 2 is 2.28 bits per heavy atom. The smallest absolute Gasteiger partial charge is 0.323 e. The Bertz CT molecular complexity index is 589. The van der Waals surface area contributed by atoms with Crippen molar-refractivity contribution in [3.63, 3.8) is 0 Å². The molecule has 0 radical (unpaired) electrons. The lowest BCUT2D eigenvalue weighted by molar-refractivity contribution is -0.135. The van der Waals surface area contributed by atoms with E-state index in [1.54, 1.807) is 0 Å². The molecule has 0 aromatic carbocycles. The van der Waals surface area contributed by atoms with Crippen LogP contribution in [0.4, 0.5) is 5.82 Å². The summed E-state index contributed by atoms with van der Waals surface area (Å²) in [7, 11) is -3.50. The molecule has 18 heavy (non-hydrogen) atoms. The van der Waals surface area contributed by atoms with Gasteiger partial charge in [0.1, 0.15) is 17.3 Å². The fraction of sp³-hybridized carbons (Fsp3) is 0.273. The maximum absolute atomic E-state index is 11.6. The van der Waals surface area contributed by atoms with Crippen molar-refractivity contribution in [2.24, 2.45) is 0 Å². The number of rotatable bonds is 5. The number of anilines is 1. The van der Waals surface area contributed by atoms with Gasteiger partial charge in [0.25, 0.3) is 0 Å². The summed E-state index contributed by atoms with van der Waals surface area (Å²) in [6.45, 7) is -0.449. The first-order chi connectivity index (χ1) is 8.36. The number of aliphatic carboxylic acids is 1. The highest BCUT2D eigenvalue weighted by Gasteiger charge is 2.20. The zero-order valence-electron chi connectivity index (χ0n) is 9.70. The first-order valence-corrected chi connectivity index (χ1v) is 6.80. The molecule has 1 heterocycles. The first-order valence-electron chi connectivity index (χ1n) is 4.91. The molecule has 7 heteroatoms. The second-order valence-electron chi connectivity index (χ2n) is 3.55. The molecule has 0 aliphatic carbocycles. The van der Waals surface area contributed by atoms with Crippen molar-refractivity contribution in [2.45, 2.75) is 4.90 Å². The van der Waals surface area contributed by atoms with Crippen LogP contribution in [0.5, 0.6) is 0 Å². The summed E-state index contributed by atoms with van der Waals surface area (Å²) < 4.78 is 23.2. The standard InChI is InChI=1S/C11H12N2O4S/c1-3-7-13(8-10(14)15)11-9(18(2,16)17)5-4-6-12-11/h1,4-6H,7-8H2,2H3,(H,14,15). The Morgan fingerprint density at radius 1 is 1.61 bits per heavy atom. The van der Waals surface area contributed by atoms with Crippen molar-refractivity contribution in [1.82, 2.24) is 4.98 Å². The van der Waals surface area contributed by atoms with E-state index in [1.807, 2.05) is 0 Å². The lowest BCUT2D eigenvalue weighted by Gasteiger charge is -2.20. The van der Waals surface area contributed by atoms with Gasteiger partial charge in [0.05, 0.1) is 6.54 Å². The Morgan fingerprint density at radius 3 is 2.78 bits per heavy atom. The number of sulfone groups is 1. The number of hydrogen-bond donors (Lipinski definition) is 1. The van der Waals surface area contributed by atoms with Crippen LogP contribution in [0.25, 0.3) is 0 Å². The third kappa shape index (κ3) is 3.46. The van der Waals surface area contributed by atoms with Crippen LogP contribution in [0.15, 0.2) is 23.2 Å². The van der Waals surface area contributed by atoms with Crippen molar-refractivity contribution in [1.29, 1.82) is 0 Å².